The molecule has 0 saturated heterocycles. The molecular weight excluding hydrogens is 743 g/mol. The number of benzene rings is 9. The smallest absolute Gasteiger partial charge is 0.178 e. The van der Waals surface area contributed by atoms with Crippen LogP contribution in [0.1, 0.15) is 22.3 Å². The van der Waals surface area contributed by atoms with E-state index in [1.54, 1.807) is 0 Å². The molecule has 3 nitrogen and oxygen atoms in total. The van der Waals surface area contributed by atoms with Gasteiger partial charge >= 0.3 is 0 Å². The van der Waals surface area contributed by atoms with Crippen molar-refractivity contribution < 1.29 is 9.47 Å². The Morgan fingerprint density at radius 2 is 0.902 bits per heavy atom. The van der Waals surface area contributed by atoms with Gasteiger partial charge in [0.25, 0.3) is 0 Å². The number of hydrogen-bond acceptors (Lipinski definition) is 3. The van der Waals surface area contributed by atoms with Crippen LogP contribution < -0.4 is 9.47 Å². The third-order valence-electron chi connectivity index (χ3n) is 12.4. The summed E-state index contributed by atoms with van der Waals surface area (Å²) in [5.74, 6) is 2.79. The Morgan fingerprint density at radius 3 is 1.62 bits per heavy atom. The summed E-state index contributed by atoms with van der Waals surface area (Å²) in [5, 5.41) is 2.35. The fourth-order valence-electron chi connectivity index (χ4n) is 9.73. The van der Waals surface area contributed by atoms with Gasteiger partial charge in [0.1, 0.15) is 0 Å². The third-order valence-corrected chi connectivity index (χ3v) is 12.4. The maximum Gasteiger partial charge on any atom is 0.178 e. The lowest BCUT2D eigenvalue weighted by atomic mass is 9.68. The standard InChI is InChI=1S/C58H37NO2/c1-5-17-38(18-6-1)44-30-31-47(46-26-14-13-25-45(44)46)52-36-41(35-51(59-52)39-19-7-2-8-20-39)40-29-33-53-55(37-40)61-57-54(60-53)34-32-50-56(57)48-27-15-16-28-49(48)58(50,42-21-9-3-10-22-42)43-23-11-4-12-24-43/h1-37H. The molecular formula is C58H37NO2. The lowest BCUT2D eigenvalue weighted by molar-refractivity contribution is 0.360. The van der Waals surface area contributed by atoms with E-state index in [-0.39, 0.29) is 0 Å². The first-order chi connectivity index (χ1) is 30.2. The number of ether oxygens (including phenoxy) is 2. The second-order valence-electron chi connectivity index (χ2n) is 15.8. The molecule has 0 radical (unpaired) electrons. The molecule has 0 saturated carbocycles. The Kier molecular flexibility index (Phi) is 8.07. The summed E-state index contributed by atoms with van der Waals surface area (Å²) >= 11 is 0. The predicted octanol–water partition coefficient (Wildman–Crippen LogP) is 15.2. The van der Waals surface area contributed by atoms with Crippen molar-refractivity contribution in [2.45, 2.75) is 5.41 Å². The second kappa shape index (κ2) is 14.1. The van der Waals surface area contributed by atoms with Crippen LogP contribution in [0.2, 0.25) is 0 Å². The molecule has 12 rings (SSSR count). The third kappa shape index (κ3) is 5.55. The highest BCUT2D eigenvalue weighted by Crippen LogP contribution is 2.62. The maximum absolute atomic E-state index is 7.11. The number of pyridine rings is 1. The monoisotopic (exact) mass is 779 g/mol. The van der Waals surface area contributed by atoms with E-state index in [0.29, 0.717) is 17.2 Å². The van der Waals surface area contributed by atoms with Gasteiger partial charge in [-0.2, -0.15) is 0 Å². The lowest BCUT2D eigenvalue weighted by Crippen LogP contribution is -2.28. The van der Waals surface area contributed by atoms with Crippen molar-refractivity contribution in [2.75, 3.05) is 0 Å². The van der Waals surface area contributed by atoms with E-state index in [0.717, 1.165) is 55.9 Å². The Balaban J connectivity index is 1.01. The molecule has 10 aromatic rings. The fourth-order valence-corrected chi connectivity index (χ4v) is 9.73. The number of fused-ring (bicyclic) bond motifs is 7. The van der Waals surface area contributed by atoms with E-state index in [1.807, 2.05) is 12.1 Å². The average molecular weight is 780 g/mol. The van der Waals surface area contributed by atoms with Gasteiger partial charge < -0.3 is 9.47 Å². The summed E-state index contributed by atoms with van der Waals surface area (Å²) in [6.45, 7) is 0. The van der Waals surface area contributed by atoms with Gasteiger partial charge in [0.15, 0.2) is 23.0 Å². The number of nitrogens with zero attached hydrogens (tertiary/aromatic N) is 1. The minimum atomic E-state index is -0.542. The number of aromatic nitrogens is 1. The Labute approximate surface area is 354 Å². The van der Waals surface area contributed by atoms with Crippen LogP contribution in [0, 0.1) is 0 Å². The largest absolute Gasteiger partial charge is 0.449 e. The van der Waals surface area contributed by atoms with E-state index < -0.39 is 5.41 Å². The molecule has 286 valence electrons. The zero-order valence-corrected chi connectivity index (χ0v) is 33.1. The van der Waals surface area contributed by atoms with Gasteiger partial charge in [0.2, 0.25) is 0 Å². The molecule has 2 heterocycles. The normalized spacial score (nSPS) is 13.0. The first-order valence-electron chi connectivity index (χ1n) is 20.8. The average Bonchev–Trinajstić information content (AvgIpc) is 3.65. The van der Waals surface area contributed by atoms with Gasteiger partial charge in [0, 0.05) is 16.7 Å². The molecule has 1 aliphatic heterocycles. The van der Waals surface area contributed by atoms with Crippen molar-refractivity contribution in [3.8, 4) is 78.9 Å². The van der Waals surface area contributed by atoms with E-state index in [2.05, 4.69) is 212 Å². The van der Waals surface area contributed by atoms with E-state index in [9.17, 15) is 0 Å². The van der Waals surface area contributed by atoms with Crippen LogP contribution in [-0.2, 0) is 5.41 Å². The molecule has 1 aliphatic carbocycles. The molecule has 0 fully saturated rings. The molecule has 0 spiro atoms. The van der Waals surface area contributed by atoms with Gasteiger partial charge in [-0.15, -0.1) is 0 Å². The van der Waals surface area contributed by atoms with Crippen molar-refractivity contribution in [3.63, 3.8) is 0 Å². The molecule has 0 unspecified atom stereocenters. The van der Waals surface area contributed by atoms with E-state index in [4.69, 9.17) is 14.5 Å². The molecule has 0 N–H and O–H groups in total. The maximum atomic E-state index is 7.11. The van der Waals surface area contributed by atoms with Gasteiger partial charge in [-0.25, -0.2) is 4.98 Å². The highest BCUT2D eigenvalue weighted by molar-refractivity contribution is 6.05. The minimum absolute atomic E-state index is 0.542. The van der Waals surface area contributed by atoms with Gasteiger partial charge in [-0.3, -0.25) is 0 Å². The molecule has 9 aromatic carbocycles. The Hall–Kier alpha value is -8.01. The molecule has 61 heavy (non-hydrogen) atoms. The number of rotatable bonds is 6. The SMILES string of the molecule is c1ccc(-c2cc(-c3ccc4c(c3)Oc3c(ccc5c3-c3ccccc3C5(c3ccccc3)c3ccccc3)O4)cc(-c3ccc(-c4ccccc4)c4ccccc34)n2)cc1. The molecule has 3 heteroatoms. The van der Waals surface area contributed by atoms with Crippen LogP contribution in [-0.4, -0.2) is 4.98 Å². The van der Waals surface area contributed by atoms with Crippen LogP contribution in [0.4, 0.5) is 0 Å². The van der Waals surface area contributed by atoms with Gasteiger partial charge in [-0.05, 0) is 91.2 Å². The van der Waals surface area contributed by atoms with Crippen molar-refractivity contribution in [1.29, 1.82) is 0 Å². The highest BCUT2D eigenvalue weighted by atomic mass is 16.6. The van der Waals surface area contributed by atoms with Crippen molar-refractivity contribution in [1.82, 2.24) is 4.98 Å². The molecule has 1 aromatic heterocycles. The van der Waals surface area contributed by atoms with Gasteiger partial charge in [-0.1, -0.05) is 194 Å². The van der Waals surface area contributed by atoms with Crippen molar-refractivity contribution in [2.24, 2.45) is 0 Å². The summed E-state index contributed by atoms with van der Waals surface area (Å²) < 4.78 is 13.8. The van der Waals surface area contributed by atoms with Crippen molar-refractivity contribution >= 4 is 10.8 Å². The van der Waals surface area contributed by atoms with Crippen LogP contribution in [0.15, 0.2) is 224 Å². The van der Waals surface area contributed by atoms with Crippen LogP contribution in [0.25, 0.3) is 66.7 Å². The highest BCUT2D eigenvalue weighted by Gasteiger charge is 2.48. The Morgan fingerprint density at radius 1 is 0.328 bits per heavy atom. The first-order valence-corrected chi connectivity index (χ1v) is 20.8. The zero-order valence-electron chi connectivity index (χ0n) is 33.1. The zero-order chi connectivity index (χ0) is 40.3. The van der Waals surface area contributed by atoms with Crippen LogP contribution >= 0.6 is 0 Å². The fraction of sp³-hybridized carbons (Fsp3) is 0.0172. The summed E-state index contributed by atoms with van der Waals surface area (Å²) in [5.41, 5.74) is 14.8. The summed E-state index contributed by atoms with van der Waals surface area (Å²) in [6, 6.07) is 79.5. The van der Waals surface area contributed by atoms with Crippen LogP contribution in [0.3, 0.4) is 0 Å². The lowest BCUT2D eigenvalue weighted by Gasteiger charge is -2.34. The Bertz CT molecular complexity index is 3250. The van der Waals surface area contributed by atoms with Gasteiger partial charge in [0.05, 0.1) is 16.8 Å². The molecule has 0 atom stereocenters. The quantitative estimate of drug-likeness (QED) is 0.168. The van der Waals surface area contributed by atoms with E-state index in [1.165, 1.54) is 38.8 Å². The van der Waals surface area contributed by atoms with E-state index >= 15 is 0 Å². The molecule has 0 amide bonds. The molecule has 2 aliphatic rings. The number of hydrogen-bond donors (Lipinski definition) is 0. The first kappa shape index (κ1) is 35.0. The topological polar surface area (TPSA) is 31.4 Å². The summed E-state index contributed by atoms with van der Waals surface area (Å²) in [4.78, 5) is 5.34. The molecule has 0 bridgehead atoms. The second-order valence-corrected chi connectivity index (χ2v) is 15.8. The van der Waals surface area contributed by atoms with Crippen LogP contribution in [0.5, 0.6) is 23.0 Å². The van der Waals surface area contributed by atoms with Crippen molar-refractivity contribution in [3.05, 3.63) is 247 Å². The minimum Gasteiger partial charge on any atom is -0.449 e. The predicted molar refractivity (Wildman–Crippen MR) is 247 cm³/mol. The summed E-state index contributed by atoms with van der Waals surface area (Å²) in [6.07, 6.45) is 0. The summed E-state index contributed by atoms with van der Waals surface area (Å²) in [7, 11) is 0.